The number of piperazine rings is 1. The molecule has 2 atom stereocenters. The van der Waals surface area contributed by atoms with Crippen LogP contribution >= 0.6 is 0 Å². The van der Waals surface area contributed by atoms with E-state index in [4.69, 9.17) is 4.74 Å². The van der Waals surface area contributed by atoms with Gasteiger partial charge >= 0.3 is 0 Å². The lowest BCUT2D eigenvalue weighted by Crippen LogP contribution is -2.53. The molecule has 5 nitrogen and oxygen atoms in total. The number of nitrogens with zero attached hydrogens (tertiary/aromatic N) is 2. The Balaban J connectivity index is 1.55. The lowest BCUT2D eigenvalue weighted by Gasteiger charge is -2.39. The Morgan fingerprint density at radius 2 is 1.92 bits per heavy atom. The van der Waals surface area contributed by atoms with Gasteiger partial charge in [-0.15, -0.1) is 0 Å². The monoisotopic (exact) mass is 346 g/mol. The highest BCUT2D eigenvalue weighted by Crippen LogP contribution is 2.25. The van der Waals surface area contributed by atoms with Gasteiger partial charge in [0.1, 0.15) is 5.75 Å². The van der Waals surface area contributed by atoms with Crippen LogP contribution in [0.15, 0.2) is 24.3 Å². The maximum absolute atomic E-state index is 12.7. The third kappa shape index (κ3) is 4.53. The Morgan fingerprint density at radius 3 is 2.56 bits per heavy atom. The average molecular weight is 346 g/mol. The van der Waals surface area contributed by atoms with Crippen LogP contribution < -0.4 is 4.74 Å². The van der Waals surface area contributed by atoms with Gasteiger partial charge in [0.25, 0.3) is 0 Å². The zero-order valence-electron chi connectivity index (χ0n) is 15.4. The van der Waals surface area contributed by atoms with E-state index in [-0.39, 0.29) is 24.2 Å². The summed E-state index contributed by atoms with van der Waals surface area (Å²) in [5.74, 6) is 0.963. The van der Waals surface area contributed by atoms with Crippen LogP contribution in [0.2, 0.25) is 0 Å². The van der Waals surface area contributed by atoms with Crippen molar-refractivity contribution < 1.29 is 14.6 Å². The molecular formula is C20H30N2O3. The summed E-state index contributed by atoms with van der Waals surface area (Å²) in [7, 11) is 0. The van der Waals surface area contributed by atoms with Gasteiger partial charge in [0.2, 0.25) is 5.91 Å². The lowest BCUT2D eigenvalue weighted by molar-refractivity contribution is -0.132. The average Bonchev–Trinajstić information content (AvgIpc) is 3.02. The third-order valence-electron chi connectivity index (χ3n) is 5.26. The minimum absolute atomic E-state index is 0.0950. The Kier molecular flexibility index (Phi) is 5.97. The second kappa shape index (κ2) is 8.19. The molecule has 1 aromatic rings. The molecule has 0 unspecified atom stereocenters. The van der Waals surface area contributed by atoms with Gasteiger partial charge in [-0.3, -0.25) is 9.69 Å². The Bertz CT molecular complexity index is 582. The molecule has 25 heavy (non-hydrogen) atoms. The zero-order valence-corrected chi connectivity index (χ0v) is 15.4. The molecule has 1 heterocycles. The number of hydrogen-bond donors (Lipinski definition) is 1. The molecule has 1 aliphatic carbocycles. The first-order valence-electron chi connectivity index (χ1n) is 9.49. The molecule has 1 saturated heterocycles. The van der Waals surface area contributed by atoms with Crippen molar-refractivity contribution in [3.63, 3.8) is 0 Å². The van der Waals surface area contributed by atoms with E-state index in [1.54, 1.807) is 0 Å². The van der Waals surface area contributed by atoms with Gasteiger partial charge in [0, 0.05) is 37.8 Å². The molecule has 1 saturated carbocycles. The lowest BCUT2D eigenvalue weighted by atomic mass is 10.1. The van der Waals surface area contributed by atoms with Crippen LogP contribution in [0.1, 0.15) is 38.7 Å². The highest BCUT2D eigenvalue weighted by molar-refractivity contribution is 5.79. The molecule has 2 aliphatic rings. The topological polar surface area (TPSA) is 53.0 Å². The van der Waals surface area contributed by atoms with Crippen LogP contribution in [0.3, 0.4) is 0 Å². The summed E-state index contributed by atoms with van der Waals surface area (Å²) in [6, 6.07) is 8.09. The molecule has 0 bridgehead atoms. The summed E-state index contributed by atoms with van der Waals surface area (Å²) in [4.78, 5) is 17.0. The summed E-state index contributed by atoms with van der Waals surface area (Å²) < 4.78 is 5.82. The van der Waals surface area contributed by atoms with Crippen molar-refractivity contribution in [2.45, 2.75) is 57.8 Å². The highest BCUT2D eigenvalue weighted by Gasteiger charge is 2.33. The summed E-state index contributed by atoms with van der Waals surface area (Å²) in [6.45, 7) is 7.20. The van der Waals surface area contributed by atoms with Crippen molar-refractivity contribution in [2.24, 2.45) is 0 Å². The Hall–Kier alpha value is -1.59. The van der Waals surface area contributed by atoms with Crippen LogP contribution in [0.5, 0.6) is 5.75 Å². The standard InChI is InChI=1S/C20H30N2O3/c1-15(2)25-19-9-4-3-6-16(19)14-20(24)22-12-10-21(11-13-22)17-7-5-8-18(17)23/h3-4,6,9,15,17-18,23H,5,7-8,10-14H2,1-2H3/t17-,18+/m0/s1. The number of aliphatic hydroxyl groups is 1. The summed E-state index contributed by atoms with van der Waals surface area (Å²) >= 11 is 0. The summed E-state index contributed by atoms with van der Waals surface area (Å²) in [5, 5.41) is 10.1. The maximum Gasteiger partial charge on any atom is 0.227 e. The fraction of sp³-hybridized carbons (Fsp3) is 0.650. The molecule has 138 valence electrons. The smallest absolute Gasteiger partial charge is 0.227 e. The Labute approximate surface area is 150 Å². The van der Waals surface area contributed by atoms with E-state index in [9.17, 15) is 9.90 Å². The van der Waals surface area contributed by atoms with Crippen LogP contribution in [-0.4, -0.2) is 65.2 Å². The van der Waals surface area contributed by atoms with Crippen molar-refractivity contribution in [1.29, 1.82) is 0 Å². The highest BCUT2D eigenvalue weighted by atomic mass is 16.5. The van der Waals surface area contributed by atoms with Crippen molar-refractivity contribution in [3.8, 4) is 5.75 Å². The second-order valence-electron chi connectivity index (χ2n) is 7.43. The van der Waals surface area contributed by atoms with Gasteiger partial charge in [0.05, 0.1) is 18.6 Å². The van der Waals surface area contributed by atoms with Gasteiger partial charge in [-0.25, -0.2) is 0 Å². The number of rotatable bonds is 5. The van der Waals surface area contributed by atoms with E-state index in [1.165, 1.54) is 0 Å². The first-order chi connectivity index (χ1) is 12.0. The van der Waals surface area contributed by atoms with Crippen molar-refractivity contribution >= 4 is 5.91 Å². The second-order valence-corrected chi connectivity index (χ2v) is 7.43. The van der Waals surface area contributed by atoms with Gasteiger partial charge < -0.3 is 14.7 Å². The fourth-order valence-corrected chi connectivity index (χ4v) is 3.94. The van der Waals surface area contributed by atoms with Crippen LogP contribution in [0.25, 0.3) is 0 Å². The molecule has 1 aliphatic heterocycles. The molecule has 1 aromatic carbocycles. The van der Waals surface area contributed by atoms with Gasteiger partial charge in [0.15, 0.2) is 0 Å². The molecule has 1 N–H and O–H groups in total. The SMILES string of the molecule is CC(C)Oc1ccccc1CC(=O)N1CCN([C@H]2CCC[C@H]2O)CC1. The fourth-order valence-electron chi connectivity index (χ4n) is 3.94. The predicted molar refractivity (Wildman–Crippen MR) is 97.7 cm³/mol. The van der Waals surface area contributed by atoms with Gasteiger partial charge in [-0.2, -0.15) is 0 Å². The van der Waals surface area contributed by atoms with E-state index in [2.05, 4.69) is 4.90 Å². The van der Waals surface area contributed by atoms with Crippen LogP contribution in [0, 0.1) is 0 Å². The maximum atomic E-state index is 12.7. The largest absolute Gasteiger partial charge is 0.491 e. The van der Waals surface area contributed by atoms with Crippen LogP contribution in [0.4, 0.5) is 0 Å². The molecule has 0 radical (unpaired) electrons. The van der Waals surface area contributed by atoms with E-state index in [1.807, 2.05) is 43.0 Å². The number of amides is 1. The molecule has 1 amide bonds. The van der Waals surface area contributed by atoms with E-state index in [0.29, 0.717) is 6.42 Å². The first kappa shape index (κ1) is 18.2. The normalized spacial score (nSPS) is 24.7. The summed E-state index contributed by atoms with van der Waals surface area (Å²) in [5.41, 5.74) is 0.954. The number of para-hydroxylation sites is 1. The zero-order chi connectivity index (χ0) is 17.8. The first-order valence-corrected chi connectivity index (χ1v) is 9.49. The minimum Gasteiger partial charge on any atom is -0.491 e. The Morgan fingerprint density at radius 1 is 1.20 bits per heavy atom. The number of benzene rings is 1. The van der Waals surface area contributed by atoms with Crippen LogP contribution in [-0.2, 0) is 11.2 Å². The van der Waals surface area contributed by atoms with E-state index < -0.39 is 0 Å². The molecular weight excluding hydrogens is 316 g/mol. The molecule has 5 heteroatoms. The predicted octanol–water partition coefficient (Wildman–Crippen LogP) is 2.07. The van der Waals surface area contributed by atoms with Crippen molar-refractivity contribution in [3.05, 3.63) is 29.8 Å². The number of carbonyl (C=O) groups is 1. The molecule has 3 rings (SSSR count). The number of aliphatic hydroxyl groups excluding tert-OH is 1. The van der Waals surface area contributed by atoms with Crippen molar-refractivity contribution in [2.75, 3.05) is 26.2 Å². The number of carbonyl (C=O) groups excluding carboxylic acids is 1. The third-order valence-corrected chi connectivity index (χ3v) is 5.26. The number of ether oxygens (including phenoxy) is 1. The minimum atomic E-state index is -0.192. The molecule has 0 aromatic heterocycles. The molecule has 2 fully saturated rings. The number of hydrogen-bond acceptors (Lipinski definition) is 4. The van der Waals surface area contributed by atoms with Gasteiger partial charge in [-0.05, 0) is 39.2 Å². The van der Waals surface area contributed by atoms with E-state index >= 15 is 0 Å². The summed E-state index contributed by atoms with van der Waals surface area (Å²) in [6.07, 6.45) is 3.39. The molecule has 0 spiro atoms. The van der Waals surface area contributed by atoms with Crippen molar-refractivity contribution in [1.82, 2.24) is 9.80 Å². The van der Waals surface area contributed by atoms with E-state index in [0.717, 1.165) is 56.8 Å². The quantitative estimate of drug-likeness (QED) is 0.887. The van der Waals surface area contributed by atoms with Gasteiger partial charge in [-0.1, -0.05) is 18.2 Å².